The molecule has 2 aliphatic heterocycles. The van der Waals surface area contributed by atoms with Gasteiger partial charge in [0.1, 0.15) is 0 Å². The highest BCUT2D eigenvalue weighted by atomic mass is 16.2. The van der Waals surface area contributed by atoms with Crippen LogP contribution in [0.25, 0.3) is 0 Å². The maximum absolute atomic E-state index is 12.9. The largest absolute Gasteiger partial charge is 0.342 e. The van der Waals surface area contributed by atoms with Crippen LogP contribution in [0.15, 0.2) is 0 Å². The normalized spacial score (nSPS) is 29.0. The summed E-state index contributed by atoms with van der Waals surface area (Å²) in [4.78, 5) is 20.4. The van der Waals surface area contributed by atoms with Crippen LogP contribution in [0.2, 0.25) is 0 Å². The summed E-state index contributed by atoms with van der Waals surface area (Å²) < 4.78 is 0. The molecule has 0 spiro atoms. The monoisotopic (exact) mass is 391 g/mol. The maximum Gasteiger partial charge on any atom is 0.225 e. The number of carbonyl (C=O) groups excluding carboxylic acids is 1. The fraction of sp³-hybridized carbons (Fsp3) is 0.958. The molecule has 0 aromatic carbocycles. The van der Waals surface area contributed by atoms with Crippen LogP contribution in [0.1, 0.15) is 72.6 Å². The van der Waals surface area contributed by atoms with Gasteiger partial charge in [0.2, 0.25) is 5.91 Å². The van der Waals surface area contributed by atoms with E-state index in [1.165, 1.54) is 64.8 Å². The van der Waals surface area contributed by atoms with E-state index in [0.717, 1.165) is 43.7 Å². The molecule has 0 aromatic heterocycles. The van der Waals surface area contributed by atoms with Crippen molar-refractivity contribution in [3.63, 3.8) is 0 Å². The number of nitrogens with zero attached hydrogens (tertiary/aromatic N) is 3. The van der Waals surface area contributed by atoms with Crippen molar-refractivity contribution in [2.24, 2.45) is 23.7 Å². The van der Waals surface area contributed by atoms with E-state index in [9.17, 15) is 4.79 Å². The minimum absolute atomic E-state index is 0.323. The topological polar surface area (TPSA) is 26.8 Å². The first-order valence-electron chi connectivity index (χ1n) is 12.2. The van der Waals surface area contributed by atoms with Crippen molar-refractivity contribution < 1.29 is 4.79 Å². The average Bonchev–Trinajstić information content (AvgIpc) is 2.72. The van der Waals surface area contributed by atoms with Crippen LogP contribution in [0.5, 0.6) is 0 Å². The van der Waals surface area contributed by atoms with E-state index in [1.807, 2.05) is 0 Å². The van der Waals surface area contributed by atoms with Gasteiger partial charge >= 0.3 is 0 Å². The van der Waals surface area contributed by atoms with Crippen LogP contribution >= 0.6 is 0 Å². The van der Waals surface area contributed by atoms with Gasteiger partial charge in [-0.3, -0.25) is 9.69 Å². The third kappa shape index (κ3) is 5.95. The lowest BCUT2D eigenvalue weighted by Crippen LogP contribution is -2.49. The highest BCUT2D eigenvalue weighted by Crippen LogP contribution is 2.35. The molecule has 4 heteroatoms. The van der Waals surface area contributed by atoms with Gasteiger partial charge in [-0.2, -0.15) is 0 Å². The zero-order valence-electron chi connectivity index (χ0n) is 19.0. The number of piperidine rings is 1. The highest BCUT2D eigenvalue weighted by molar-refractivity contribution is 5.79. The van der Waals surface area contributed by atoms with Crippen LogP contribution in [-0.4, -0.2) is 72.5 Å². The Kier molecular flexibility index (Phi) is 8.22. The Morgan fingerprint density at radius 1 is 0.821 bits per heavy atom. The van der Waals surface area contributed by atoms with Gasteiger partial charge in [-0.05, 0) is 83.1 Å². The number of hydrogen-bond acceptors (Lipinski definition) is 3. The van der Waals surface area contributed by atoms with Crippen molar-refractivity contribution in [3.8, 4) is 0 Å². The summed E-state index contributed by atoms with van der Waals surface area (Å²) in [6.45, 7) is 17.5. The molecule has 0 radical (unpaired) electrons. The van der Waals surface area contributed by atoms with Crippen molar-refractivity contribution in [1.29, 1.82) is 0 Å². The van der Waals surface area contributed by atoms with E-state index in [4.69, 9.17) is 0 Å². The summed E-state index contributed by atoms with van der Waals surface area (Å²) in [5.74, 6) is 3.25. The molecule has 28 heavy (non-hydrogen) atoms. The molecule has 0 atom stereocenters. The summed E-state index contributed by atoms with van der Waals surface area (Å²) in [6.07, 6.45) is 8.54. The highest BCUT2D eigenvalue weighted by Gasteiger charge is 2.32. The molecule has 3 aliphatic rings. The molecule has 0 N–H and O–H groups in total. The summed E-state index contributed by atoms with van der Waals surface area (Å²) in [5.41, 5.74) is 0. The number of carbonyl (C=O) groups is 1. The van der Waals surface area contributed by atoms with Crippen LogP contribution < -0.4 is 0 Å². The lowest BCUT2D eigenvalue weighted by atomic mass is 9.76. The zero-order chi connectivity index (χ0) is 20.1. The molecule has 3 rings (SSSR count). The molecule has 162 valence electrons. The summed E-state index contributed by atoms with van der Waals surface area (Å²) in [6, 6.07) is 0.685. The zero-order valence-corrected chi connectivity index (χ0v) is 19.0. The standard InChI is InChI=1S/C24H45N3O/c1-19(2)22-5-7-23(8-6-22)24(28)27-13-10-21(11-14-27)9-12-25-15-17-26(18-16-25)20(3)4/h19-23H,5-18H2,1-4H3. The first-order valence-corrected chi connectivity index (χ1v) is 12.2. The number of likely N-dealkylation sites (tertiary alicyclic amines) is 1. The predicted molar refractivity (Wildman–Crippen MR) is 117 cm³/mol. The van der Waals surface area contributed by atoms with E-state index in [1.54, 1.807) is 0 Å². The summed E-state index contributed by atoms with van der Waals surface area (Å²) in [5, 5.41) is 0. The van der Waals surface area contributed by atoms with Crippen molar-refractivity contribution in [2.45, 2.75) is 78.7 Å². The van der Waals surface area contributed by atoms with Gasteiger partial charge in [-0.1, -0.05) is 13.8 Å². The van der Waals surface area contributed by atoms with Gasteiger partial charge in [-0.25, -0.2) is 0 Å². The molecular weight excluding hydrogens is 346 g/mol. The van der Waals surface area contributed by atoms with Crippen molar-refractivity contribution in [1.82, 2.24) is 14.7 Å². The third-order valence-electron chi connectivity index (χ3n) is 7.98. The van der Waals surface area contributed by atoms with Crippen molar-refractivity contribution in [3.05, 3.63) is 0 Å². The first-order chi connectivity index (χ1) is 13.4. The molecule has 1 amide bonds. The van der Waals surface area contributed by atoms with E-state index < -0.39 is 0 Å². The molecule has 2 saturated heterocycles. The summed E-state index contributed by atoms with van der Waals surface area (Å²) >= 11 is 0. The molecule has 1 saturated carbocycles. The summed E-state index contributed by atoms with van der Waals surface area (Å²) in [7, 11) is 0. The second-order valence-electron chi connectivity index (χ2n) is 10.4. The molecule has 3 fully saturated rings. The van der Waals surface area contributed by atoms with Gasteiger partial charge in [-0.15, -0.1) is 0 Å². The maximum atomic E-state index is 12.9. The molecule has 0 bridgehead atoms. The Balaban J connectivity index is 1.32. The Morgan fingerprint density at radius 3 is 1.96 bits per heavy atom. The average molecular weight is 392 g/mol. The first kappa shape index (κ1) is 22.1. The Labute approximate surface area is 174 Å². The Morgan fingerprint density at radius 2 is 1.43 bits per heavy atom. The lowest BCUT2D eigenvalue weighted by Gasteiger charge is -2.39. The minimum atomic E-state index is 0.323. The SMILES string of the molecule is CC(C)C1CCC(C(=O)N2CCC(CCN3CCN(C(C)C)CC3)CC2)CC1. The van der Waals surface area contributed by atoms with Crippen LogP contribution in [-0.2, 0) is 4.79 Å². The number of piperazine rings is 1. The minimum Gasteiger partial charge on any atom is -0.342 e. The fourth-order valence-electron chi connectivity index (χ4n) is 5.60. The number of amides is 1. The second-order valence-corrected chi connectivity index (χ2v) is 10.4. The van der Waals surface area contributed by atoms with E-state index >= 15 is 0 Å². The van der Waals surface area contributed by atoms with Gasteiger partial charge in [0, 0.05) is 51.2 Å². The van der Waals surface area contributed by atoms with Gasteiger partial charge in [0.15, 0.2) is 0 Å². The van der Waals surface area contributed by atoms with Gasteiger partial charge < -0.3 is 9.80 Å². The van der Waals surface area contributed by atoms with Crippen LogP contribution in [0.3, 0.4) is 0 Å². The van der Waals surface area contributed by atoms with Crippen molar-refractivity contribution >= 4 is 5.91 Å². The van der Waals surface area contributed by atoms with Crippen LogP contribution in [0.4, 0.5) is 0 Å². The van der Waals surface area contributed by atoms with Crippen LogP contribution in [0, 0.1) is 23.7 Å². The molecule has 1 aliphatic carbocycles. The van der Waals surface area contributed by atoms with E-state index in [2.05, 4.69) is 42.4 Å². The van der Waals surface area contributed by atoms with Gasteiger partial charge in [0.25, 0.3) is 0 Å². The fourth-order valence-corrected chi connectivity index (χ4v) is 5.60. The lowest BCUT2D eigenvalue weighted by molar-refractivity contribution is -0.138. The smallest absolute Gasteiger partial charge is 0.225 e. The molecule has 0 unspecified atom stereocenters. The predicted octanol–water partition coefficient (Wildman–Crippen LogP) is 4.10. The third-order valence-corrected chi connectivity index (χ3v) is 7.98. The number of rotatable bonds is 6. The van der Waals surface area contributed by atoms with Gasteiger partial charge in [0.05, 0.1) is 0 Å². The molecular formula is C24H45N3O. The molecule has 2 heterocycles. The second kappa shape index (κ2) is 10.4. The van der Waals surface area contributed by atoms with Crippen molar-refractivity contribution in [2.75, 3.05) is 45.8 Å². The Hall–Kier alpha value is -0.610. The Bertz CT molecular complexity index is 468. The molecule has 0 aromatic rings. The van der Waals surface area contributed by atoms with E-state index in [0.29, 0.717) is 17.9 Å². The van der Waals surface area contributed by atoms with E-state index in [-0.39, 0.29) is 0 Å². The number of hydrogen-bond donors (Lipinski definition) is 0. The molecule has 4 nitrogen and oxygen atoms in total. The quantitative estimate of drug-likeness (QED) is 0.682.